The molecule has 2 aliphatic heterocycles. The smallest absolute Gasteiger partial charge is 0.316 e. The van der Waals surface area contributed by atoms with Gasteiger partial charge in [-0.25, -0.2) is 9.97 Å². The molecular formula is C28H32N4O6. The van der Waals surface area contributed by atoms with E-state index in [4.69, 9.17) is 23.7 Å². The molecule has 1 amide bonds. The summed E-state index contributed by atoms with van der Waals surface area (Å²) in [5.74, 6) is 2.58. The minimum absolute atomic E-state index is 0.119. The number of aromatic nitrogens is 2. The highest BCUT2D eigenvalue weighted by molar-refractivity contribution is 5.78. The molecule has 1 fully saturated rings. The molecule has 2 aliphatic rings. The van der Waals surface area contributed by atoms with Crippen LogP contribution in [0.25, 0.3) is 11.1 Å². The van der Waals surface area contributed by atoms with E-state index in [0.29, 0.717) is 23.0 Å². The number of nitrogens with one attached hydrogen (secondary N) is 2. The average Bonchev–Trinajstić information content (AvgIpc) is 3.44. The quantitative estimate of drug-likeness (QED) is 0.439. The minimum atomic E-state index is -0.632. The first-order valence-corrected chi connectivity index (χ1v) is 12.6. The Labute approximate surface area is 221 Å². The molecule has 2 unspecified atom stereocenters. The molecule has 1 aromatic heterocycles. The maximum absolute atomic E-state index is 13.1. The Kier molecular flexibility index (Phi) is 7.50. The lowest BCUT2D eigenvalue weighted by molar-refractivity contribution is -0.126. The molecule has 0 aliphatic carbocycles. The fourth-order valence-electron chi connectivity index (χ4n) is 4.99. The molecular weight excluding hydrogens is 488 g/mol. The van der Waals surface area contributed by atoms with Gasteiger partial charge in [-0.1, -0.05) is 12.1 Å². The van der Waals surface area contributed by atoms with Gasteiger partial charge in [0.2, 0.25) is 6.79 Å². The Morgan fingerprint density at radius 3 is 2.58 bits per heavy atom. The molecule has 0 radical (unpaired) electrons. The Morgan fingerprint density at radius 1 is 1.05 bits per heavy atom. The summed E-state index contributed by atoms with van der Waals surface area (Å²) >= 11 is 0. The number of ether oxygens (including phenoxy) is 5. The van der Waals surface area contributed by atoms with E-state index in [0.717, 1.165) is 42.6 Å². The van der Waals surface area contributed by atoms with E-state index in [1.54, 1.807) is 26.6 Å². The van der Waals surface area contributed by atoms with Crippen molar-refractivity contribution in [1.82, 2.24) is 20.6 Å². The van der Waals surface area contributed by atoms with Gasteiger partial charge < -0.3 is 34.3 Å². The summed E-state index contributed by atoms with van der Waals surface area (Å²) in [6.45, 7) is 3.81. The Hall–Kier alpha value is -4.05. The van der Waals surface area contributed by atoms with Gasteiger partial charge >= 0.3 is 6.01 Å². The van der Waals surface area contributed by atoms with Gasteiger partial charge in [0.15, 0.2) is 29.6 Å². The summed E-state index contributed by atoms with van der Waals surface area (Å²) in [5, 5.41) is 6.67. The van der Waals surface area contributed by atoms with Crippen molar-refractivity contribution in [3.05, 3.63) is 54.4 Å². The normalized spacial score (nSPS) is 17.8. The van der Waals surface area contributed by atoms with Crippen LogP contribution < -0.4 is 34.3 Å². The number of nitrogens with zero attached hydrogens (tertiary/aromatic N) is 2. The first kappa shape index (κ1) is 25.6. The van der Waals surface area contributed by atoms with E-state index < -0.39 is 5.54 Å². The highest BCUT2D eigenvalue weighted by atomic mass is 16.7. The van der Waals surface area contributed by atoms with Crippen LogP contribution in [0.5, 0.6) is 29.0 Å². The number of rotatable bonds is 9. The van der Waals surface area contributed by atoms with E-state index in [1.165, 1.54) is 0 Å². The number of hydrogen-bond acceptors (Lipinski definition) is 9. The molecule has 10 nitrogen and oxygen atoms in total. The van der Waals surface area contributed by atoms with Crippen LogP contribution in [0.4, 0.5) is 0 Å². The lowest BCUT2D eigenvalue weighted by Crippen LogP contribution is -2.54. The fraction of sp³-hybridized carbons (Fsp3) is 0.393. The minimum Gasteiger partial charge on any atom is -0.493 e. The van der Waals surface area contributed by atoms with E-state index in [1.807, 2.05) is 36.4 Å². The number of amides is 1. The Balaban J connectivity index is 1.26. The second kappa shape index (κ2) is 11.1. The molecule has 5 rings (SSSR count). The lowest BCUT2D eigenvalue weighted by Gasteiger charge is -2.41. The van der Waals surface area contributed by atoms with Gasteiger partial charge in [-0.05, 0) is 67.6 Å². The third-order valence-corrected chi connectivity index (χ3v) is 7.16. The van der Waals surface area contributed by atoms with Crippen molar-refractivity contribution in [1.29, 1.82) is 0 Å². The molecule has 0 saturated carbocycles. The van der Waals surface area contributed by atoms with Crippen molar-refractivity contribution >= 4 is 5.91 Å². The fourth-order valence-corrected chi connectivity index (χ4v) is 4.99. The molecule has 3 heterocycles. The van der Waals surface area contributed by atoms with Gasteiger partial charge in [-0.3, -0.25) is 4.79 Å². The second-order valence-corrected chi connectivity index (χ2v) is 9.47. The number of hydrogen-bond donors (Lipinski definition) is 2. The number of benzene rings is 2. The van der Waals surface area contributed by atoms with Crippen molar-refractivity contribution in [2.24, 2.45) is 5.92 Å². The largest absolute Gasteiger partial charge is 0.493 e. The number of carbonyl (C=O) groups excluding carboxylic acids is 1. The molecule has 1 saturated heterocycles. The van der Waals surface area contributed by atoms with E-state index in [-0.39, 0.29) is 31.2 Å². The average molecular weight is 521 g/mol. The maximum Gasteiger partial charge on any atom is 0.316 e. The first-order chi connectivity index (χ1) is 18.5. The maximum atomic E-state index is 13.1. The van der Waals surface area contributed by atoms with Gasteiger partial charge in [0.1, 0.15) is 0 Å². The molecule has 38 heavy (non-hydrogen) atoms. The highest BCUT2D eigenvalue weighted by Crippen LogP contribution is 2.40. The van der Waals surface area contributed by atoms with Gasteiger partial charge in [0.05, 0.1) is 19.8 Å². The Bertz CT molecular complexity index is 1280. The van der Waals surface area contributed by atoms with Crippen molar-refractivity contribution in [2.75, 3.05) is 40.7 Å². The van der Waals surface area contributed by atoms with Crippen LogP contribution in [0.1, 0.15) is 25.3 Å². The van der Waals surface area contributed by atoms with Crippen molar-refractivity contribution < 1.29 is 28.5 Å². The topological polar surface area (TPSA) is 113 Å². The zero-order valence-electron chi connectivity index (χ0n) is 21.8. The zero-order valence-corrected chi connectivity index (χ0v) is 21.8. The second-order valence-electron chi connectivity index (χ2n) is 9.47. The summed E-state index contributed by atoms with van der Waals surface area (Å²) in [7, 11) is 3.18. The van der Waals surface area contributed by atoms with Crippen LogP contribution in [-0.4, -0.2) is 56.6 Å². The van der Waals surface area contributed by atoms with Crippen molar-refractivity contribution in [3.63, 3.8) is 0 Å². The van der Waals surface area contributed by atoms with Crippen LogP contribution >= 0.6 is 0 Å². The zero-order chi connectivity index (χ0) is 26.5. The SMILES string of the molecule is COc1ccc(-c2cnc(OCC(=O)NC(C)(c3ccc4c(c3)OCO4)C3CCCNC3)nc2)cc1OC. The Morgan fingerprint density at radius 2 is 1.84 bits per heavy atom. The van der Waals surface area contributed by atoms with Gasteiger partial charge in [0, 0.05) is 24.5 Å². The van der Waals surface area contributed by atoms with Crippen LogP contribution in [-0.2, 0) is 10.3 Å². The number of piperidine rings is 1. The standard InChI is InChI=1S/C28H32N4O6/c1-28(21-5-4-10-29-15-21,20-7-9-23-25(12-20)38-17-37-23)32-26(33)16-36-27-30-13-19(14-31-27)18-6-8-22(34-2)24(11-18)35-3/h6-9,11-14,21,29H,4-5,10,15-17H2,1-3H3,(H,32,33). The molecule has 2 atom stereocenters. The predicted octanol–water partition coefficient (Wildman–Crippen LogP) is 3.30. The van der Waals surface area contributed by atoms with E-state index in [2.05, 4.69) is 27.5 Å². The molecule has 2 N–H and O–H groups in total. The summed E-state index contributed by atoms with van der Waals surface area (Å²) in [6, 6.07) is 11.5. The molecule has 2 aromatic carbocycles. The predicted molar refractivity (Wildman–Crippen MR) is 140 cm³/mol. The van der Waals surface area contributed by atoms with Gasteiger partial charge in [-0.15, -0.1) is 0 Å². The summed E-state index contributed by atoms with van der Waals surface area (Å²) in [4.78, 5) is 21.7. The molecule has 0 spiro atoms. The monoisotopic (exact) mass is 520 g/mol. The molecule has 3 aromatic rings. The number of methoxy groups -OCH3 is 2. The van der Waals surface area contributed by atoms with Gasteiger partial charge in [-0.2, -0.15) is 0 Å². The van der Waals surface area contributed by atoms with E-state index >= 15 is 0 Å². The van der Waals surface area contributed by atoms with Crippen LogP contribution in [0.3, 0.4) is 0 Å². The molecule has 0 bridgehead atoms. The van der Waals surface area contributed by atoms with Crippen LogP contribution in [0, 0.1) is 5.92 Å². The third-order valence-electron chi connectivity index (χ3n) is 7.16. The number of fused-ring (bicyclic) bond motifs is 1. The van der Waals surface area contributed by atoms with Gasteiger partial charge in [0.25, 0.3) is 5.91 Å². The van der Waals surface area contributed by atoms with E-state index in [9.17, 15) is 4.79 Å². The van der Waals surface area contributed by atoms with Crippen LogP contribution in [0.2, 0.25) is 0 Å². The van der Waals surface area contributed by atoms with Crippen molar-refractivity contribution in [3.8, 4) is 40.1 Å². The summed E-state index contributed by atoms with van der Waals surface area (Å²) in [5.41, 5.74) is 1.97. The number of carbonyl (C=O) groups is 1. The summed E-state index contributed by atoms with van der Waals surface area (Å²) in [6.07, 6.45) is 5.31. The summed E-state index contributed by atoms with van der Waals surface area (Å²) < 4.78 is 27.4. The van der Waals surface area contributed by atoms with Crippen molar-refractivity contribution in [2.45, 2.75) is 25.3 Å². The lowest BCUT2D eigenvalue weighted by atomic mass is 9.75. The van der Waals surface area contributed by atoms with Crippen LogP contribution in [0.15, 0.2) is 48.8 Å². The first-order valence-electron chi connectivity index (χ1n) is 12.6. The molecule has 10 heteroatoms. The highest BCUT2D eigenvalue weighted by Gasteiger charge is 2.39. The third kappa shape index (κ3) is 5.31. The molecule has 200 valence electrons.